The van der Waals surface area contributed by atoms with E-state index in [1.807, 2.05) is 36.4 Å². The smallest absolute Gasteiger partial charge is 0.0486 e. The minimum Gasteiger partial charge on any atom is -0.378 e. The minimum absolute atomic E-state index is 0.237. The van der Waals surface area contributed by atoms with Gasteiger partial charge in [0, 0.05) is 29.1 Å². The second kappa shape index (κ2) is 4.99. The van der Waals surface area contributed by atoms with Gasteiger partial charge in [-0.2, -0.15) is 0 Å². The van der Waals surface area contributed by atoms with E-state index in [1.165, 1.54) is 5.56 Å². The lowest BCUT2D eigenvalue weighted by atomic mass is 10.1. The van der Waals surface area contributed by atoms with E-state index < -0.39 is 0 Å². The van der Waals surface area contributed by atoms with E-state index >= 15 is 0 Å². The first-order valence-corrected chi connectivity index (χ1v) is 5.55. The molecule has 0 aliphatic rings. The largest absolute Gasteiger partial charge is 0.378 e. The molecule has 0 spiro atoms. The maximum Gasteiger partial charge on any atom is 0.0486 e. The molecular formula is C13H13ClN2. The first-order valence-electron chi connectivity index (χ1n) is 5.18. The topological polar surface area (TPSA) is 24.9 Å². The van der Waals surface area contributed by atoms with Crippen molar-refractivity contribution in [1.29, 1.82) is 0 Å². The van der Waals surface area contributed by atoms with Gasteiger partial charge in [-0.25, -0.2) is 0 Å². The normalized spacial score (nSPS) is 12.1. The molecule has 0 amide bonds. The summed E-state index contributed by atoms with van der Waals surface area (Å²) in [6.07, 6.45) is 3.59. The van der Waals surface area contributed by atoms with Crippen molar-refractivity contribution in [2.45, 2.75) is 13.0 Å². The third kappa shape index (κ3) is 2.74. The highest BCUT2D eigenvalue weighted by atomic mass is 35.5. The second-order valence-electron chi connectivity index (χ2n) is 3.66. The van der Waals surface area contributed by atoms with Crippen LogP contribution in [0.15, 0.2) is 48.8 Å². The lowest BCUT2D eigenvalue weighted by molar-refractivity contribution is 0.881. The molecule has 0 saturated heterocycles. The molecule has 2 nitrogen and oxygen atoms in total. The van der Waals surface area contributed by atoms with Crippen LogP contribution in [-0.2, 0) is 0 Å². The zero-order chi connectivity index (χ0) is 11.4. The minimum atomic E-state index is 0.237. The van der Waals surface area contributed by atoms with Crippen molar-refractivity contribution in [2.24, 2.45) is 0 Å². The van der Waals surface area contributed by atoms with Gasteiger partial charge in [-0.3, -0.25) is 4.98 Å². The van der Waals surface area contributed by atoms with Gasteiger partial charge in [0.15, 0.2) is 0 Å². The van der Waals surface area contributed by atoms with Crippen LogP contribution in [0.1, 0.15) is 18.5 Å². The maximum absolute atomic E-state index is 5.92. The predicted molar refractivity (Wildman–Crippen MR) is 67.7 cm³/mol. The number of nitrogens with zero attached hydrogens (tertiary/aromatic N) is 1. The van der Waals surface area contributed by atoms with Gasteiger partial charge in [-0.1, -0.05) is 17.7 Å². The molecule has 1 N–H and O–H groups in total. The average molecular weight is 233 g/mol. The van der Waals surface area contributed by atoms with Crippen LogP contribution in [0.5, 0.6) is 0 Å². The molecule has 0 saturated carbocycles. The second-order valence-corrected chi connectivity index (χ2v) is 4.09. The Hall–Kier alpha value is -1.54. The molecule has 2 aromatic rings. The van der Waals surface area contributed by atoms with E-state index in [2.05, 4.69) is 17.2 Å². The van der Waals surface area contributed by atoms with Crippen molar-refractivity contribution in [2.75, 3.05) is 5.32 Å². The number of rotatable bonds is 3. The predicted octanol–water partition coefficient (Wildman–Crippen LogP) is 3.91. The van der Waals surface area contributed by atoms with Crippen LogP contribution in [0.25, 0.3) is 0 Å². The molecule has 0 bridgehead atoms. The summed E-state index contributed by atoms with van der Waals surface area (Å²) in [5, 5.41) is 4.13. The fourth-order valence-corrected chi connectivity index (χ4v) is 1.75. The molecule has 16 heavy (non-hydrogen) atoms. The van der Waals surface area contributed by atoms with Crippen LogP contribution < -0.4 is 5.32 Å². The number of hydrogen-bond donors (Lipinski definition) is 1. The summed E-state index contributed by atoms with van der Waals surface area (Å²) >= 11 is 5.92. The van der Waals surface area contributed by atoms with Gasteiger partial charge < -0.3 is 5.32 Å². The lowest BCUT2D eigenvalue weighted by Gasteiger charge is -2.15. The van der Waals surface area contributed by atoms with E-state index in [9.17, 15) is 0 Å². The molecule has 0 unspecified atom stereocenters. The zero-order valence-corrected chi connectivity index (χ0v) is 9.78. The fourth-order valence-electron chi connectivity index (χ4n) is 1.56. The Bertz CT molecular complexity index is 456. The highest BCUT2D eigenvalue weighted by Gasteiger charge is 2.04. The van der Waals surface area contributed by atoms with Crippen LogP contribution >= 0.6 is 11.6 Å². The Kier molecular flexibility index (Phi) is 3.42. The average Bonchev–Trinajstić information content (AvgIpc) is 2.30. The number of nitrogens with one attached hydrogen (secondary N) is 1. The number of benzene rings is 1. The van der Waals surface area contributed by atoms with Gasteiger partial charge >= 0.3 is 0 Å². The van der Waals surface area contributed by atoms with E-state index in [1.54, 1.807) is 12.4 Å². The number of pyridine rings is 1. The number of hydrogen-bond acceptors (Lipinski definition) is 2. The molecule has 1 aromatic carbocycles. The number of anilines is 1. The van der Waals surface area contributed by atoms with E-state index in [4.69, 9.17) is 11.6 Å². The van der Waals surface area contributed by atoms with E-state index in [-0.39, 0.29) is 6.04 Å². The summed E-state index contributed by atoms with van der Waals surface area (Å²) in [6, 6.07) is 12.0. The van der Waals surface area contributed by atoms with Gasteiger partial charge in [-0.15, -0.1) is 0 Å². The molecule has 0 fully saturated rings. The molecule has 82 valence electrons. The van der Waals surface area contributed by atoms with Crippen molar-refractivity contribution in [3.8, 4) is 0 Å². The van der Waals surface area contributed by atoms with Crippen molar-refractivity contribution in [3.63, 3.8) is 0 Å². The maximum atomic E-state index is 5.92. The van der Waals surface area contributed by atoms with Crippen molar-refractivity contribution < 1.29 is 0 Å². The third-order valence-electron chi connectivity index (χ3n) is 2.41. The van der Waals surface area contributed by atoms with Crippen molar-refractivity contribution >= 4 is 17.3 Å². The molecule has 2 rings (SSSR count). The van der Waals surface area contributed by atoms with Crippen LogP contribution in [0.4, 0.5) is 5.69 Å². The molecule has 0 aliphatic heterocycles. The zero-order valence-electron chi connectivity index (χ0n) is 9.02. The Labute approximate surface area is 100 Å². The quantitative estimate of drug-likeness (QED) is 0.868. The Balaban J connectivity index is 2.11. The van der Waals surface area contributed by atoms with Gasteiger partial charge in [0.05, 0.1) is 0 Å². The van der Waals surface area contributed by atoms with Crippen LogP contribution in [0.3, 0.4) is 0 Å². The lowest BCUT2D eigenvalue weighted by Crippen LogP contribution is -2.06. The summed E-state index contributed by atoms with van der Waals surface area (Å²) in [5.74, 6) is 0. The molecular weight excluding hydrogens is 220 g/mol. The van der Waals surface area contributed by atoms with Crippen molar-refractivity contribution in [1.82, 2.24) is 4.98 Å². The van der Waals surface area contributed by atoms with E-state index in [0.29, 0.717) is 0 Å². The van der Waals surface area contributed by atoms with Gasteiger partial charge in [0.25, 0.3) is 0 Å². The van der Waals surface area contributed by atoms with Crippen LogP contribution in [-0.4, -0.2) is 4.98 Å². The van der Waals surface area contributed by atoms with Gasteiger partial charge in [0.1, 0.15) is 0 Å². The molecule has 3 heteroatoms. The standard InChI is InChI=1S/C13H13ClN2/c1-10(11-5-7-15-8-6-11)16-13-4-2-3-12(14)9-13/h2-10,16H,1H3/t10-/m1/s1. The van der Waals surface area contributed by atoms with Crippen molar-refractivity contribution in [3.05, 3.63) is 59.4 Å². The number of aromatic nitrogens is 1. The molecule has 1 heterocycles. The number of halogens is 1. The summed E-state index contributed by atoms with van der Waals surface area (Å²) < 4.78 is 0. The highest BCUT2D eigenvalue weighted by Crippen LogP contribution is 2.21. The summed E-state index contributed by atoms with van der Waals surface area (Å²) in [7, 11) is 0. The molecule has 0 aliphatic carbocycles. The molecule has 1 aromatic heterocycles. The van der Waals surface area contributed by atoms with Crippen LogP contribution in [0.2, 0.25) is 5.02 Å². The molecule has 0 radical (unpaired) electrons. The monoisotopic (exact) mass is 232 g/mol. The molecule has 1 atom stereocenters. The van der Waals surface area contributed by atoms with Gasteiger partial charge in [-0.05, 0) is 42.8 Å². The third-order valence-corrected chi connectivity index (χ3v) is 2.65. The first-order chi connectivity index (χ1) is 7.75. The highest BCUT2D eigenvalue weighted by molar-refractivity contribution is 6.30. The summed E-state index contributed by atoms with van der Waals surface area (Å²) in [6.45, 7) is 2.11. The fraction of sp³-hybridized carbons (Fsp3) is 0.154. The Morgan fingerprint density at radius 1 is 1.19 bits per heavy atom. The van der Waals surface area contributed by atoms with Gasteiger partial charge in [0.2, 0.25) is 0 Å². The summed E-state index contributed by atoms with van der Waals surface area (Å²) in [5.41, 5.74) is 2.23. The van der Waals surface area contributed by atoms with Crippen LogP contribution in [0, 0.1) is 0 Å². The first kappa shape index (κ1) is 11.0. The Morgan fingerprint density at radius 3 is 2.62 bits per heavy atom. The SMILES string of the molecule is C[C@@H](Nc1cccc(Cl)c1)c1ccncc1. The summed E-state index contributed by atoms with van der Waals surface area (Å²) in [4.78, 5) is 4.00. The van der Waals surface area contributed by atoms with E-state index in [0.717, 1.165) is 10.7 Å². The Morgan fingerprint density at radius 2 is 1.94 bits per heavy atom.